The Labute approximate surface area is 213 Å². The Balaban J connectivity index is 1.71. The minimum atomic E-state index is -1.17. The molecule has 0 amide bonds. The molecular weight excluding hydrogens is 530 g/mol. The van der Waals surface area contributed by atoms with Crippen LogP contribution in [0.2, 0.25) is 0 Å². The van der Waals surface area contributed by atoms with Crippen LogP contribution in [0.15, 0.2) is 106 Å². The minimum absolute atomic E-state index is 0.120. The molecular formula is C25H18BrN5O3S. The molecule has 5 rings (SSSR count). The van der Waals surface area contributed by atoms with Gasteiger partial charge in [0.05, 0.1) is 16.3 Å². The number of anilines is 2. The van der Waals surface area contributed by atoms with E-state index in [9.17, 15) is 14.9 Å². The summed E-state index contributed by atoms with van der Waals surface area (Å²) in [5.41, 5.74) is 2.47. The van der Waals surface area contributed by atoms with Crippen molar-refractivity contribution >= 4 is 61.3 Å². The van der Waals surface area contributed by atoms with E-state index in [4.69, 9.17) is 5.10 Å². The number of hydrogen-bond acceptors (Lipinski definition) is 8. The Morgan fingerprint density at radius 3 is 2.34 bits per heavy atom. The number of halogens is 1. The number of hydrogen-bond donors (Lipinski definition) is 0. The summed E-state index contributed by atoms with van der Waals surface area (Å²) in [6.07, 6.45) is 3.74. The molecule has 2 aliphatic rings. The van der Waals surface area contributed by atoms with Crippen LogP contribution < -0.4 is 10.0 Å². The van der Waals surface area contributed by atoms with E-state index in [2.05, 4.69) is 21.0 Å². The first kappa shape index (κ1) is 23.0. The van der Waals surface area contributed by atoms with Crippen LogP contribution in [0.1, 0.15) is 12.5 Å². The minimum Gasteiger partial charge on any atom is -0.292 e. The van der Waals surface area contributed by atoms with E-state index >= 15 is 0 Å². The Morgan fingerprint density at radius 1 is 0.971 bits per heavy atom. The standard InChI is InChI=1S/C25H18BrN5O3S/c1-17(32)24-28-30(22-9-5-6-10-23(22)31(33)34)25(35-24)16-15-21(18-11-13-19(26)14-12-18)27-29(25)20-7-3-2-4-8-20/h2-16H,1H3/t25-/m0/s1. The second kappa shape index (κ2) is 9.12. The van der Waals surface area contributed by atoms with Gasteiger partial charge in [-0.05, 0) is 54.2 Å². The predicted molar refractivity (Wildman–Crippen MR) is 143 cm³/mol. The number of rotatable bonds is 5. The van der Waals surface area contributed by atoms with Gasteiger partial charge in [0, 0.05) is 23.0 Å². The monoisotopic (exact) mass is 547 g/mol. The lowest BCUT2D eigenvalue weighted by atomic mass is 10.1. The van der Waals surface area contributed by atoms with Gasteiger partial charge in [-0.3, -0.25) is 14.9 Å². The van der Waals surface area contributed by atoms with Crippen molar-refractivity contribution in [2.75, 3.05) is 10.0 Å². The van der Waals surface area contributed by atoms with Crippen LogP contribution in [-0.4, -0.2) is 26.5 Å². The van der Waals surface area contributed by atoms with Crippen LogP contribution in [0.3, 0.4) is 0 Å². The number of nitro benzene ring substituents is 1. The van der Waals surface area contributed by atoms with Gasteiger partial charge in [0.15, 0.2) is 10.8 Å². The first-order valence-electron chi connectivity index (χ1n) is 10.6. The van der Waals surface area contributed by atoms with Crippen molar-refractivity contribution in [3.8, 4) is 0 Å². The van der Waals surface area contributed by atoms with Gasteiger partial charge in [0.1, 0.15) is 5.69 Å². The molecule has 0 unspecified atom stereocenters. The highest BCUT2D eigenvalue weighted by molar-refractivity contribution is 9.10. The molecule has 8 nitrogen and oxygen atoms in total. The largest absolute Gasteiger partial charge is 0.294 e. The number of carbonyl (C=O) groups excluding carboxylic acids is 1. The van der Waals surface area contributed by atoms with E-state index in [1.165, 1.54) is 29.8 Å². The molecule has 3 aromatic carbocycles. The summed E-state index contributed by atoms with van der Waals surface area (Å²) in [6.45, 7) is 1.43. The Kier molecular flexibility index (Phi) is 6.00. The van der Waals surface area contributed by atoms with Crippen molar-refractivity contribution in [2.24, 2.45) is 10.2 Å². The lowest BCUT2D eigenvalue weighted by Crippen LogP contribution is -2.54. The van der Waals surface area contributed by atoms with Gasteiger partial charge in [-0.25, -0.2) is 10.0 Å². The number of benzene rings is 3. The number of thioether (sulfide) groups is 1. The normalized spacial score (nSPS) is 19.0. The molecule has 0 saturated carbocycles. The van der Waals surface area contributed by atoms with Gasteiger partial charge >= 0.3 is 0 Å². The summed E-state index contributed by atoms with van der Waals surface area (Å²) in [6, 6.07) is 23.6. The van der Waals surface area contributed by atoms with Gasteiger partial charge in [-0.2, -0.15) is 10.2 Å². The van der Waals surface area contributed by atoms with E-state index < -0.39 is 9.92 Å². The number of carbonyl (C=O) groups is 1. The van der Waals surface area contributed by atoms with Crippen LogP contribution in [0.4, 0.5) is 17.1 Å². The highest BCUT2D eigenvalue weighted by Gasteiger charge is 2.52. The third-order valence-corrected chi connectivity index (χ3v) is 7.33. The van der Waals surface area contributed by atoms with Crippen LogP contribution in [0.25, 0.3) is 0 Å². The second-order valence-corrected chi connectivity index (χ2v) is 9.86. The first-order chi connectivity index (χ1) is 16.9. The van der Waals surface area contributed by atoms with E-state index in [0.717, 1.165) is 15.7 Å². The van der Waals surface area contributed by atoms with Crippen molar-refractivity contribution in [3.63, 3.8) is 0 Å². The molecule has 0 aromatic heterocycles. The van der Waals surface area contributed by atoms with Crippen LogP contribution in [0, 0.1) is 10.1 Å². The Hall–Kier alpha value is -3.76. The lowest BCUT2D eigenvalue weighted by molar-refractivity contribution is -0.384. The molecule has 0 N–H and O–H groups in total. The number of ketones is 1. The summed E-state index contributed by atoms with van der Waals surface area (Å²) >= 11 is 4.65. The number of hydrazone groups is 2. The van der Waals surface area contributed by atoms with E-state index in [1.807, 2.05) is 66.7 Å². The molecule has 0 saturated heterocycles. The van der Waals surface area contributed by atoms with Crippen molar-refractivity contribution in [3.05, 3.63) is 111 Å². The second-order valence-electron chi connectivity index (χ2n) is 7.75. The third-order valence-electron chi connectivity index (χ3n) is 5.46. The average Bonchev–Trinajstić information content (AvgIpc) is 3.25. The number of nitrogens with zero attached hydrogens (tertiary/aromatic N) is 5. The average molecular weight is 548 g/mol. The molecule has 0 fully saturated rings. The van der Waals surface area contributed by atoms with Crippen molar-refractivity contribution < 1.29 is 9.72 Å². The molecule has 0 radical (unpaired) electrons. The number of para-hydroxylation sites is 3. The van der Waals surface area contributed by atoms with Gasteiger partial charge in [-0.15, -0.1) is 0 Å². The zero-order valence-electron chi connectivity index (χ0n) is 18.4. The molecule has 174 valence electrons. The number of nitro groups is 1. The molecule has 10 heteroatoms. The Morgan fingerprint density at radius 2 is 1.66 bits per heavy atom. The summed E-state index contributed by atoms with van der Waals surface area (Å²) in [5, 5.41) is 24.9. The van der Waals surface area contributed by atoms with E-state index in [0.29, 0.717) is 5.71 Å². The lowest BCUT2D eigenvalue weighted by Gasteiger charge is -2.43. The summed E-state index contributed by atoms with van der Waals surface area (Å²) < 4.78 is 0.950. The summed E-state index contributed by atoms with van der Waals surface area (Å²) in [5.74, 6) is -0.237. The zero-order valence-corrected chi connectivity index (χ0v) is 20.8. The molecule has 1 spiro atoms. The Bertz CT molecular complexity index is 1410. The highest BCUT2D eigenvalue weighted by Crippen LogP contribution is 2.49. The summed E-state index contributed by atoms with van der Waals surface area (Å²) in [4.78, 5) is 22.7. The molecule has 0 aliphatic carbocycles. The summed E-state index contributed by atoms with van der Waals surface area (Å²) in [7, 11) is 0. The molecule has 2 aliphatic heterocycles. The van der Waals surface area contributed by atoms with E-state index in [-0.39, 0.29) is 22.2 Å². The molecule has 1 atom stereocenters. The maximum absolute atomic E-state index is 12.4. The fourth-order valence-electron chi connectivity index (χ4n) is 3.83. The molecule has 0 bridgehead atoms. The van der Waals surface area contributed by atoms with Crippen LogP contribution in [-0.2, 0) is 4.79 Å². The van der Waals surface area contributed by atoms with Gasteiger partial charge < -0.3 is 0 Å². The van der Waals surface area contributed by atoms with Gasteiger partial charge in [0.25, 0.3) is 5.69 Å². The fourth-order valence-corrected chi connectivity index (χ4v) is 5.24. The molecule has 2 heterocycles. The smallest absolute Gasteiger partial charge is 0.292 e. The fraction of sp³-hybridized carbons (Fsp3) is 0.0800. The predicted octanol–water partition coefficient (Wildman–Crippen LogP) is 5.95. The molecule has 35 heavy (non-hydrogen) atoms. The van der Waals surface area contributed by atoms with Crippen LogP contribution >= 0.6 is 27.7 Å². The van der Waals surface area contributed by atoms with E-state index in [1.54, 1.807) is 23.2 Å². The topological polar surface area (TPSA) is 91.4 Å². The number of allylic oxidation sites excluding steroid dienone is 1. The van der Waals surface area contributed by atoms with Gasteiger partial charge in [-0.1, -0.05) is 58.4 Å². The van der Waals surface area contributed by atoms with Crippen LogP contribution in [0.5, 0.6) is 0 Å². The quantitative estimate of drug-likeness (QED) is 0.289. The van der Waals surface area contributed by atoms with Crippen molar-refractivity contribution in [1.82, 2.24) is 0 Å². The maximum Gasteiger partial charge on any atom is 0.294 e. The highest BCUT2D eigenvalue weighted by atomic mass is 79.9. The molecule has 3 aromatic rings. The van der Waals surface area contributed by atoms with Gasteiger partial charge in [0.2, 0.25) is 4.99 Å². The SMILES string of the molecule is CC(=O)C1=NN(c2ccccc2[N+](=O)[O-])[C@@]2(C=CC(c3ccc(Br)cc3)=NN2c2ccccc2)S1. The first-order valence-corrected chi connectivity index (χ1v) is 12.2. The number of Topliss-reactive ketones (excluding diaryl/α,β-unsaturated/α-hetero) is 1. The zero-order chi connectivity index (χ0) is 24.6. The van der Waals surface area contributed by atoms with Crippen molar-refractivity contribution in [1.29, 1.82) is 0 Å². The van der Waals surface area contributed by atoms with Crippen molar-refractivity contribution in [2.45, 2.75) is 11.9 Å². The third kappa shape index (κ3) is 4.15. The maximum atomic E-state index is 12.4.